The number of amides is 1. The zero-order chi connectivity index (χ0) is 26.5. The summed E-state index contributed by atoms with van der Waals surface area (Å²) in [4.78, 5) is 22.7. The van der Waals surface area contributed by atoms with Crippen molar-refractivity contribution < 1.29 is 19.2 Å². The summed E-state index contributed by atoms with van der Waals surface area (Å²) in [6.45, 7) is 3.57. The van der Waals surface area contributed by atoms with Crippen LogP contribution >= 0.6 is 0 Å². The number of hydrogen-bond donors (Lipinski definition) is 1. The molecule has 5 nitrogen and oxygen atoms in total. The lowest BCUT2D eigenvalue weighted by Crippen LogP contribution is -2.49. The van der Waals surface area contributed by atoms with Crippen molar-refractivity contribution in [2.24, 2.45) is 0 Å². The van der Waals surface area contributed by atoms with Crippen LogP contribution in [0.3, 0.4) is 0 Å². The van der Waals surface area contributed by atoms with Gasteiger partial charge in [0.1, 0.15) is 6.54 Å². The second kappa shape index (κ2) is 20.0. The number of quaternary nitrogens is 1. The van der Waals surface area contributed by atoms with Crippen molar-refractivity contribution in [1.82, 2.24) is 5.32 Å². The van der Waals surface area contributed by atoms with E-state index >= 15 is 0 Å². The average molecular weight is 501 g/mol. The Kier molecular flexibility index (Phi) is 17.7. The van der Waals surface area contributed by atoms with Gasteiger partial charge in [-0.25, -0.2) is 0 Å². The molecular weight excluding hydrogens is 448 g/mol. The number of carbonyl (C=O) groups is 2. The van der Waals surface area contributed by atoms with Crippen LogP contribution in [0.1, 0.15) is 108 Å². The molecule has 0 heterocycles. The summed E-state index contributed by atoms with van der Waals surface area (Å²) >= 11 is 0. The lowest BCUT2D eigenvalue weighted by atomic mass is 9.90. The highest BCUT2D eigenvalue weighted by Crippen LogP contribution is 2.26. The lowest BCUT2D eigenvalue weighted by Gasteiger charge is -2.30. The molecule has 1 amide bonds. The topological polar surface area (TPSA) is 69.2 Å². The molecule has 0 radical (unpaired) electrons. The van der Waals surface area contributed by atoms with Gasteiger partial charge in [0.25, 0.3) is 0 Å². The highest BCUT2D eigenvalue weighted by Gasteiger charge is 2.14. The number of hydrogen-bond acceptors (Lipinski definition) is 3. The first-order chi connectivity index (χ1) is 17.3. The lowest BCUT2D eigenvalue weighted by molar-refractivity contribution is -0.884. The fourth-order valence-electron chi connectivity index (χ4n) is 4.67. The summed E-state index contributed by atoms with van der Waals surface area (Å²) in [6.07, 6.45) is 20.6. The van der Waals surface area contributed by atoms with E-state index in [9.17, 15) is 14.7 Å². The van der Waals surface area contributed by atoms with Gasteiger partial charge in [-0.15, -0.1) is 0 Å². The quantitative estimate of drug-likeness (QED) is 0.125. The van der Waals surface area contributed by atoms with E-state index in [-0.39, 0.29) is 12.5 Å². The molecule has 1 aromatic carbocycles. The SMILES string of the molecule is CCCCCCC(C/C=C/CCCCCCCC(=O)NCCC[N+](C)(C)CC(=O)[O-])c1ccccc1. The Hall–Kier alpha value is -2.14. The van der Waals surface area contributed by atoms with Crippen molar-refractivity contribution in [3.8, 4) is 0 Å². The molecule has 0 aromatic heterocycles. The zero-order valence-corrected chi connectivity index (χ0v) is 23.3. The molecule has 36 heavy (non-hydrogen) atoms. The van der Waals surface area contributed by atoms with Crippen molar-refractivity contribution in [3.05, 3.63) is 48.0 Å². The van der Waals surface area contributed by atoms with E-state index in [1.165, 1.54) is 56.9 Å². The number of unbranched alkanes of at least 4 members (excludes halogenated alkanes) is 8. The van der Waals surface area contributed by atoms with Gasteiger partial charge in [0.2, 0.25) is 5.91 Å². The predicted octanol–water partition coefficient (Wildman–Crippen LogP) is 5.75. The maximum Gasteiger partial charge on any atom is 0.219 e. The minimum absolute atomic E-state index is 0.00291. The molecule has 1 aromatic rings. The van der Waals surface area contributed by atoms with Crippen LogP contribution < -0.4 is 10.4 Å². The normalized spacial score (nSPS) is 12.6. The maximum absolute atomic E-state index is 12.0. The first kappa shape index (κ1) is 31.9. The number of rotatable bonds is 22. The van der Waals surface area contributed by atoms with E-state index in [1.54, 1.807) is 0 Å². The van der Waals surface area contributed by atoms with Gasteiger partial charge in [0.15, 0.2) is 0 Å². The van der Waals surface area contributed by atoms with E-state index in [2.05, 4.69) is 54.7 Å². The monoisotopic (exact) mass is 500 g/mol. The fourth-order valence-corrected chi connectivity index (χ4v) is 4.67. The molecular formula is C31H52N2O3. The molecule has 1 unspecified atom stereocenters. The van der Waals surface area contributed by atoms with Crippen molar-refractivity contribution >= 4 is 11.9 Å². The molecule has 5 heteroatoms. The Morgan fingerprint density at radius 1 is 0.917 bits per heavy atom. The smallest absolute Gasteiger partial charge is 0.219 e. The molecule has 0 saturated heterocycles. The summed E-state index contributed by atoms with van der Waals surface area (Å²) < 4.78 is 0.375. The van der Waals surface area contributed by atoms with Gasteiger partial charge in [-0.1, -0.05) is 94.4 Å². The second-order valence-electron chi connectivity index (χ2n) is 10.9. The highest BCUT2D eigenvalue weighted by atomic mass is 16.4. The van der Waals surface area contributed by atoms with Crippen molar-refractivity contribution in [2.75, 3.05) is 33.7 Å². The van der Waals surface area contributed by atoms with Crippen LogP contribution in [-0.2, 0) is 9.59 Å². The number of carboxylic acids is 1. The zero-order valence-electron chi connectivity index (χ0n) is 23.3. The first-order valence-corrected chi connectivity index (χ1v) is 14.3. The summed E-state index contributed by atoms with van der Waals surface area (Å²) in [5, 5.41) is 13.7. The van der Waals surface area contributed by atoms with E-state index in [0.717, 1.165) is 32.1 Å². The summed E-state index contributed by atoms with van der Waals surface area (Å²) in [5.41, 5.74) is 1.47. The molecule has 204 valence electrons. The Labute approximate surface area is 221 Å². The number of nitrogens with one attached hydrogen (secondary N) is 1. The molecule has 0 spiro atoms. The third-order valence-electron chi connectivity index (χ3n) is 6.86. The molecule has 0 aliphatic carbocycles. The standard InChI is InChI=1S/C31H52N2O3/c1-4-5-6-14-20-28(29-22-16-13-17-23-29)21-15-11-9-7-8-10-12-18-24-30(34)32-25-19-26-33(2,3)27-31(35)36/h11,13,15-17,22-23,28H,4-10,12,14,18-21,24-27H2,1-3H3,(H-,32,34,35,36)/b15-11+. The molecule has 0 bridgehead atoms. The average Bonchev–Trinajstić information content (AvgIpc) is 2.84. The number of carbonyl (C=O) groups excluding carboxylic acids is 2. The van der Waals surface area contributed by atoms with Gasteiger partial charge in [-0.2, -0.15) is 0 Å². The number of likely N-dealkylation sites (N-methyl/N-ethyl adjacent to an activating group) is 1. The number of allylic oxidation sites excluding steroid dienone is 2. The molecule has 0 saturated carbocycles. The molecule has 1 rings (SSSR count). The Bertz CT molecular complexity index is 731. The van der Waals surface area contributed by atoms with Gasteiger partial charge >= 0.3 is 0 Å². The fraction of sp³-hybridized carbons (Fsp3) is 0.677. The van der Waals surface area contributed by atoms with Crippen molar-refractivity contribution in [2.45, 2.75) is 103 Å². The molecule has 1 atom stereocenters. The van der Waals surface area contributed by atoms with E-state index in [1.807, 2.05) is 14.1 Å². The number of benzene rings is 1. The first-order valence-electron chi connectivity index (χ1n) is 14.3. The highest BCUT2D eigenvalue weighted by molar-refractivity contribution is 5.75. The van der Waals surface area contributed by atoms with Crippen molar-refractivity contribution in [1.29, 1.82) is 0 Å². The van der Waals surface area contributed by atoms with Gasteiger partial charge in [0.05, 0.1) is 26.6 Å². The van der Waals surface area contributed by atoms with Crippen LogP contribution in [0.25, 0.3) is 0 Å². The van der Waals surface area contributed by atoms with Crippen LogP contribution in [0.2, 0.25) is 0 Å². The number of carboxylic acid groups (broad SMARTS) is 1. The minimum Gasteiger partial charge on any atom is -0.544 e. The molecule has 1 N–H and O–H groups in total. The van der Waals surface area contributed by atoms with E-state index in [0.29, 0.717) is 29.9 Å². The number of nitrogens with zero attached hydrogens (tertiary/aromatic N) is 1. The number of aliphatic carboxylic acids is 1. The summed E-state index contributed by atoms with van der Waals surface area (Å²) in [5.74, 6) is -0.297. The maximum atomic E-state index is 12.0. The summed E-state index contributed by atoms with van der Waals surface area (Å²) in [6, 6.07) is 11.0. The van der Waals surface area contributed by atoms with E-state index in [4.69, 9.17) is 0 Å². The minimum atomic E-state index is -1.04. The predicted molar refractivity (Wildman–Crippen MR) is 148 cm³/mol. The van der Waals surface area contributed by atoms with Gasteiger partial charge < -0.3 is 19.7 Å². The Balaban J connectivity index is 2.08. The van der Waals surface area contributed by atoms with Crippen LogP contribution in [-0.4, -0.2) is 50.1 Å². The summed E-state index contributed by atoms with van der Waals surface area (Å²) in [7, 11) is 3.73. The largest absolute Gasteiger partial charge is 0.544 e. The molecule has 0 aliphatic heterocycles. The van der Waals surface area contributed by atoms with E-state index < -0.39 is 5.97 Å². The Morgan fingerprint density at radius 3 is 2.33 bits per heavy atom. The van der Waals surface area contributed by atoms with Crippen LogP contribution in [0.15, 0.2) is 42.5 Å². The second-order valence-corrected chi connectivity index (χ2v) is 10.9. The molecule has 0 aliphatic rings. The van der Waals surface area contributed by atoms with Crippen molar-refractivity contribution in [3.63, 3.8) is 0 Å². The van der Waals surface area contributed by atoms with Gasteiger partial charge in [0, 0.05) is 19.4 Å². The third-order valence-corrected chi connectivity index (χ3v) is 6.86. The molecule has 0 fully saturated rings. The van der Waals surface area contributed by atoms with Crippen LogP contribution in [0.4, 0.5) is 0 Å². The van der Waals surface area contributed by atoms with Crippen LogP contribution in [0.5, 0.6) is 0 Å². The van der Waals surface area contributed by atoms with Gasteiger partial charge in [-0.3, -0.25) is 4.79 Å². The Morgan fingerprint density at radius 2 is 1.61 bits per heavy atom. The van der Waals surface area contributed by atoms with Gasteiger partial charge in [-0.05, 0) is 43.6 Å². The third kappa shape index (κ3) is 17.3. The van der Waals surface area contributed by atoms with Crippen LogP contribution in [0, 0.1) is 0 Å².